The molecule has 2 amide bonds. The third kappa shape index (κ3) is 3.24. The van der Waals surface area contributed by atoms with Gasteiger partial charge in [-0.2, -0.15) is 0 Å². The van der Waals surface area contributed by atoms with Crippen molar-refractivity contribution in [3.05, 3.63) is 27.7 Å². The van der Waals surface area contributed by atoms with Crippen LogP contribution in [-0.2, 0) is 4.79 Å². The highest BCUT2D eigenvalue weighted by Crippen LogP contribution is 2.39. The summed E-state index contributed by atoms with van der Waals surface area (Å²) in [6, 6.07) is 4.40. The van der Waals surface area contributed by atoms with Gasteiger partial charge >= 0.3 is 12.0 Å². The predicted octanol–water partition coefficient (Wildman–Crippen LogP) is 3.48. The third-order valence-electron chi connectivity index (χ3n) is 3.39. The Hall–Kier alpha value is -1.27. The second-order valence-corrected chi connectivity index (χ2v) is 6.25. The first-order valence-corrected chi connectivity index (χ1v) is 7.27. The molecule has 1 aliphatic rings. The van der Waals surface area contributed by atoms with Crippen molar-refractivity contribution in [1.82, 2.24) is 5.32 Å². The molecule has 1 saturated carbocycles. The number of aliphatic carboxylic acids is 1. The van der Waals surface area contributed by atoms with Crippen molar-refractivity contribution in [3.8, 4) is 0 Å². The number of carbonyl (C=O) groups excluding carboxylic acids is 1. The molecule has 0 saturated heterocycles. The third-order valence-corrected chi connectivity index (χ3v) is 4.62. The Kier molecular flexibility index (Phi) is 4.25. The van der Waals surface area contributed by atoms with E-state index in [1.165, 1.54) is 6.92 Å². The van der Waals surface area contributed by atoms with Crippen molar-refractivity contribution in [3.63, 3.8) is 0 Å². The number of carboxylic acid groups (broad SMARTS) is 1. The van der Waals surface area contributed by atoms with E-state index in [1.54, 1.807) is 18.2 Å². The number of carbonyl (C=O) groups is 2. The van der Waals surface area contributed by atoms with E-state index in [-0.39, 0.29) is 5.92 Å². The van der Waals surface area contributed by atoms with E-state index in [2.05, 4.69) is 26.6 Å². The first-order valence-electron chi connectivity index (χ1n) is 6.10. The fourth-order valence-corrected chi connectivity index (χ4v) is 2.39. The summed E-state index contributed by atoms with van der Waals surface area (Å²) in [5.74, 6) is -1.04. The average Bonchev–Trinajstić information content (AvgIpc) is 3.17. The van der Waals surface area contributed by atoms with Crippen LogP contribution in [0.25, 0.3) is 0 Å². The van der Waals surface area contributed by atoms with Gasteiger partial charge in [0, 0.05) is 10.2 Å². The largest absolute Gasteiger partial charge is 0.480 e. The molecular weight excluding hydrogens is 348 g/mol. The normalized spacial score (nSPS) is 17.1. The van der Waals surface area contributed by atoms with E-state index in [1.807, 2.05) is 0 Å². The zero-order chi connectivity index (χ0) is 14.9. The van der Waals surface area contributed by atoms with Gasteiger partial charge < -0.3 is 15.7 Å². The fraction of sp³-hybridized carbons (Fsp3) is 0.385. The number of benzene rings is 1. The summed E-state index contributed by atoms with van der Waals surface area (Å²) in [6.07, 6.45) is 1.63. The van der Waals surface area contributed by atoms with Gasteiger partial charge in [-0.25, -0.2) is 9.59 Å². The maximum Gasteiger partial charge on any atom is 0.329 e. The van der Waals surface area contributed by atoms with Crippen molar-refractivity contribution in [2.24, 2.45) is 5.92 Å². The molecule has 20 heavy (non-hydrogen) atoms. The monoisotopic (exact) mass is 360 g/mol. The van der Waals surface area contributed by atoms with Gasteiger partial charge in [0.2, 0.25) is 0 Å². The zero-order valence-corrected chi connectivity index (χ0v) is 13.1. The van der Waals surface area contributed by atoms with Crippen LogP contribution in [-0.4, -0.2) is 22.6 Å². The zero-order valence-electron chi connectivity index (χ0n) is 10.7. The van der Waals surface area contributed by atoms with Crippen LogP contribution in [0.15, 0.2) is 22.7 Å². The molecule has 1 atom stereocenters. The van der Waals surface area contributed by atoms with Gasteiger partial charge in [0.05, 0.1) is 5.02 Å². The summed E-state index contributed by atoms with van der Waals surface area (Å²) in [7, 11) is 0. The number of hydrogen-bond acceptors (Lipinski definition) is 2. The Bertz CT molecular complexity index is 563. The Balaban J connectivity index is 2.04. The number of hydrogen-bond donors (Lipinski definition) is 3. The van der Waals surface area contributed by atoms with E-state index in [0.717, 1.165) is 17.3 Å². The second kappa shape index (κ2) is 5.61. The smallest absolute Gasteiger partial charge is 0.329 e. The van der Waals surface area contributed by atoms with Crippen LogP contribution < -0.4 is 10.6 Å². The lowest BCUT2D eigenvalue weighted by Gasteiger charge is -2.26. The van der Waals surface area contributed by atoms with Gasteiger partial charge in [0.15, 0.2) is 0 Å². The number of urea groups is 1. The summed E-state index contributed by atoms with van der Waals surface area (Å²) >= 11 is 9.18. The minimum Gasteiger partial charge on any atom is -0.480 e. The van der Waals surface area contributed by atoms with Crippen LogP contribution in [0, 0.1) is 5.92 Å². The van der Waals surface area contributed by atoms with Crippen LogP contribution >= 0.6 is 27.5 Å². The van der Waals surface area contributed by atoms with E-state index in [9.17, 15) is 14.7 Å². The van der Waals surface area contributed by atoms with Crippen LogP contribution in [0.4, 0.5) is 10.5 Å². The Labute approximate surface area is 129 Å². The quantitative estimate of drug-likeness (QED) is 0.768. The van der Waals surface area contributed by atoms with Crippen LogP contribution in [0.1, 0.15) is 19.8 Å². The maximum atomic E-state index is 11.9. The first kappa shape index (κ1) is 15.1. The molecule has 3 N–H and O–H groups in total. The number of nitrogens with one attached hydrogen (secondary N) is 2. The lowest BCUT2D eigenvalue weighted by atomic mass is 9.96. The van der Waals surface area contributed by atoms with Crippen molar-refractivity contribution in [2.45, 2.75) is 25.3 Å². The van der Waals surface area contributed by atoms with Gasteiger partial charge in [-0.05, 0) is 59.8 Å². The van der Waals surface area contributed by atoms with Crippen molar-refractivity contribution < 1.29 is 14.7 Å². The number of amides is 2. The van der Waals surface area contributed by atoms with E-state index in [4.69, 9.17) is 11.6 Å². The van der Waals surface area contributed by atoms with Gasteiger partial charge in [0.25, 0.3) is 0 Å². The lowest BCUT2D eigenvalue weighted by Crippen LogP contribution is -2.55. The highest BCUT2D eigenvalue weighted by molar-refractivity contribution is 9.10. The number of anilines is 1. The summed E-state index contributed by atoms with van der Waals surface area (Å²) < 4.78 is 0.721. The molecule has 5 nitrogen and oxygen atoms in total. The minimum atomic E-state index is -1.23. The molecule has 108 valence electrons. The summed E-state index contributed by atoms with van der Waals surface area (Å²) in [5, 5.41) is 14.8. The molecule has 0 heterocycles. The molecule has 0 bridgehead atoms. The Morgan fingerprint density at radius 1 is 1.45 bits per heavy atom. The van der Waals surface area contributed by atoms with Crippen molar-refractivity contribution in [2.75, 3.05) is 5.32 Å². The molecule has 0 spiro atoms. The first-order chi connectivity index (χ1) is 9.33. The Morgan fingerprint density at radius 3 is 2.60 bits per heavy atom. The average molecular weight is 362 g/mol. The van der Waals surface area contributed by atoms with E-state index in [0.29, 0.717) is 10.7 Å². The minimum absolute atomic E-state index is 0.0146. The SMILES string of the molecule is CC(NC(=O)Nc1ccc(Br)c(Cl)c1)(C(=O)O)C1CC1. The van der Waals surface area contributed by atoms with E-state index >= 15 is 0 Å². The number of halogens is 2. The molecule has 0 aliphatic heterocycles. The summed E-state index contributed by atoms with van der Waals surface area (Å²) in [4.78, 5) is 23.2. The van der Waals surface area contributed by atoms with Gasteiger partial charge in [-0.15, -0.1) is 0 Å². The standard InChI is InChI=1S/C13H14BrClN2O3/c1-13(11(18)19,7-2-3-7)17-12(20)16-8-4-5-9(14)10(15)6-8/h4-7H,2-3H2,1H3,(H,18,19)(H2,16,17,20). The van der Waals surface area contributed by atoms with Gasteiger partial charge in [0.1, 0.15) is 5.54 Å². The van der Waals surface area contributed by atoms with E-state index < -0.39 is 17.5 Å². The number of rotatable bonds is 4. The molecule has 1 unspecified atom stereocenters. The highest BCUT2D eigenvalue weighted by atomic mass is 79.9. The molecule has 2 rings (SSSR count). The molecule has 1 aliphatic carbocycles. The topological polar surface area (TPSA) is 78.4 Å². The maximum absolute atomic E-state index is 11.9. The molecule has 0 radical (unpaired) electrons. The molecule has 1 fully saturated rings. The van der Waals surface area contributed by atoms with Gasteiger partial charge in [-0.1, -0.05) is 11.6 Å². The predicted molar refractivity (Wildman–Crippen MR) is 80.1 cm³/mol. The highest BCUT2D eigenvalue weighted by Gasteiger charge is 2.48. The second-order valence-electron chi connectivity index (χ2n) is 4.99. The van der Waals surface area contributed by atoms with Crippen LogP contribution in [0.2, 0.25) is 5.02 Å². The molecular formula is C13H14BrClN2O3. The molecule has 7 heteroatoms. The van der Waals surface area contributed by atoms with Crippen LogP contribution in [0.3, 0.4) is 0 Å². The fourth-order valence-electron chi connectivity index (χ4n) is 1.96. The van der Waals surface area contributed by atoms with Crippen LogP contribution in [0.5, 0.6) is 0 Å². The lowest BCUT2D eigenvalue weighted by molar-refractivity contribution is -0.144. The number of carboxylic acids is 1. The molecule has 0 aromatic heterocycles. The molecule has 1 aromatic rings. The summed E-state index contributed by atoms with van der Waals surface area (Å²) in [5.41, 5.74) is -0.734. The summed E-state index contributed by atoms with van der Waals surface area (Å²) in [6.45, 7) is 1.53. The Morgan fingerprint density at radius 2 is 2.10 bits per heavy atom. The van der Waals surface area contributed by atoms with Crippen molar-refractivity contribution in [1.29, 1.82) is 0 Å². The molecule has 1 aromatic carbocycles. The van der Waals surface area contributed by atoms with Crippen molar-refractivity contribution >= 4 is 45.2 Å². The van der Waals surface area contributed by atoms with Gasteiger partial charge in [-0.3, -0.25) is 0 Å².